The van der Waals surface area contributed by atoms with E-state index >= 15 is 0 Å². The first-order valence-corrected chi connectivity index (χ1v) is 10.1. The first kappa shape index (κ1) is 19.2. The molecule has 1 amide bonds. The largest absolute Gasteiger partial charge is 0.454 e. The summed E-state index contributed by atoms with van der Waals surface area (Å²) in [6, 6.07) is 14.0. The van der Waals surface area contributed by atoms with Gasteiger partial charge in [-0.25, -0.2) is 4.98 Å². The van der Waals surface area contributed by atoms with Crippen LogP contribution >= 0.6 is 11.5 Å². The van der Waals surface area contributed by atoms with Gasteiger partial charge < -0.3 is 19.7 Å². The van der Waals surface area contributed by atoms with Crippen LogP contribution in [0.5, 0.6) is 11.5 Å². The average molecular weight is 410 g/mol. The van der Waals surface area contributed by atoms with Crippen molar-refractivity contribution in [1.82, 2.24) is 14.7 Å². The molecule has 1 N–H and O–H groups in total. The first-order chi connectivity index (χ1) is 14.1. The minimum absolute atomic E-state index is 0.0829. The Kier molecular flexibility index (Phi) is 5.62. The summed E-state index contributed by atoms with van der Waals surface area (Å²) in [5.41, 5.74) is 3.36. The van der Waals surface area contributed by atoms with E-state index in [0.29, 0.717) is 18.7 Å². The van der Waals surface area contributed by atoms with Gasteiger partial charge in [-0.2, -0.15) is 4.37 Å². The van der Waals surface area contributed by atoms with Crippen LogP contribution in [0.2, 0.25) is 0 Å². The number of rotatable bonds is 7. The predicted molar refractivity (Wildman–Crippen MR) is 112 cm³/mol. The highest BCUT2D eigenvalue weighted by atomic mass is 32.1. The van der Waals surface area contributed by atoms with E-state index in [1.165, 1.54) is 22.7 Å². The minimum atomic E-state index is -0.0829. The van der Waals surface area contributed by atoms with Gasteiger partial charge in [0.2, 0.25) is 17.8 Å². The lowest BCUT2D eigenvalue weighted by Crippen LogP contribution is -2.34. The molecule has 0 atom stereocenters. The van der Waals surface area contributed by atoms with Crippen LogP contribution in [0.3, 0.4) is 0 Å². The Balaban J connectivity index is 1.28. The number of fused-ring (bicyclic) bond motifs is 1. The van der Waals surface area contributed by atoms with Crippen molar-refractivity contribution in [1.29, 1.82) is 0 Å². The standard InChI is InChI=1S/C21H22N4O3S/c1-14-3-5-15(6-4-14)10-19-23-21(29-24-19)25(2)12-20(26)22-11-16-7-8-17-18(9-16)28-13-27-17/h3-9H,10-13H2,1-2H3,(H,22,26). The van der Waals surface area contributed by atoms with Crippen molar-refractivity contribution in [3.05, 3.63) is 65.0 Å². The molecule has 8 heteroatoms. The van der Waals surface area contributed by atoms with Crippen LogP contribution in [0.25, 0.3) is 0 Å². The molecule has 0 spiro atoms. The first-order valence-electron chi connectivity index (χ1n) is 9.31. The summed E-state index contributed by atoms with van der Waals surface area (Å²) in [4.78, 5) is 18.7. The quantitative estimate of drug-likeness (QED) is 0.645. The monoisotopic (exact) mass is 410 g/mol. The molecule has 0 saturated heterocycles. The minimum Gasteiger partial charge on any atom is -0.454 e. The van der Waals surface area contributed by atoms with Crippen LogP contribution in [0.1, 0.15) is 22.5 Å². The van der Waals surface area contributed by atoms with E-state index in [4.69, 9.17) is 9.47 Å². The van der Waals surface area contributed by atoms with Gasteiger partial charge in [-0.1, -0.05) is 35.9 Å². The number of nitrogens with zero attached hydrogens (tertiary/aromatic N) is 3. The zero-order valence-corrected chi connectivity index (χ0v) is 17.2. The fourth-order valence-corrected chi connectivity index (χ4v) is 3.59. The third-order valence-corrected chi connectivity index (χ3v) is 5.44. The summed E-state index contributed by atoms with van der Waals surface area (Å²) in [6.45, 7) is 2.95. The van der Waals surface area contributed by atoms with Crippen molar-refractivity contribution in [3.8, 4) is 11.5 Å². The van der Waals surface area contributed by atoms with E-state index < -0.39 is 0 Å². The molecule has 0 bridgehead atoms. The highest BCUT2D eigenvalue weighted by Gasteiger charge is 2.15. The number of aromatic nitrogens is 2. The Bertz CT molecular complexity index is 1000. The van der Waals surface area contributed by atoms with Crippen LogP contribution in [0.4, 0.5) is 5.13 Å². The van der Waals surface area contributed by atoms with Crippen LogP contribution < -0.4 is 19.7 Å². The molecule has 1 aliphatic rings. The van der Waals surface area contributed by atoms with Crippen molar-refractivity contribution in [3.63, 3.8) is 0 Å². The molecule has 0 fully saturated rings. The Morgan fingerprint density at radius 3 is 2.72 bits per heavy atom. The summed E-state index contributed by atoms with van der Waals surface area (Å²) in [5.74, 6) is 2.13. The van der Waals surface area contributed by atoms with Gasteiger partial charge in [0.1, 0.15) is 5.82 Å². The Labute approximate surface area is 173 Å². The molecule has 2 aromatic carbocycles. The Hall–Kier alpha value is -3.13. The van der Waals surface area contributed by atoms with E-state index in [9.17, 15) is 4.79 Å². The van der Waals surface area contributed by atoms with Gasteiger partial charge in [0.15, 0.2) is 11.5 Å². The summed E-state index contributed by atoms with van der Waals surface area (Å²) in [7, 11) is 1.84. The fourth-order valence-electron chi connectivity index (χ4n) is 2.95. The second kappa shape index (κ2) is 8.48. The number of hydrogen-bond donors (Lipinski definition) is 1. The molecule has 0 saturated carbocycles. The number of nitrogens with one attached hydrogen (secondary N) is 1. The third-order valence-electron chi connectivity index (χ3n) is 4.57. The van der Waals surface area contributed by atoms with Gasteiger partial charge in [-0.05, 0) is 30.2 Å². The van der Waals surface area contributed by atoms with E-state index in [2.05, 4.69) is 45.9 Å². The zero-order valence-electron chi connectivity index (χ0n) is 16.3. The van der Waals surface area contributed by atoms with E-state index in [0.717, 1.165) is 22.3 Å². The smallest absolute Gasteiger partial charge is 0.239 e. The van der Waals surface area contributed by atoms with Crippen LogP contribution in [-0.4, -0.2) is 35.7 Å². The topological polar surface area (TPSA) is 76.6 Å². The normalized spacial score (nSPS) is 12.1. The van der Waals surface area contributed by atoms with E-state index in [1.807, 2.05) is 30.1 Å². The number of anilines is 1. The molecule has 150 valence electrons. The van der Waals surface area contributed by atoms with Crippen molar-refractivity contribution in [2.45, 2.75) is 19.9 Å². The van der Waals surface area contributed by atoms with Crippen molar-refractivity contribution < 1.29 is 14.3 Å². The molecule has 7 nitrogen and oxygen atoms in total. The molecule has 1 aromatic heterocycles. The highest BCUT2D eigenvalue weighted by molar-refractivity contribution is 7.09. The summed E-state index contributed by atoms with van der Waals surface area (Å²) < 4.78 is 15.1. The number of amides is 1. The molecule has 3 aromatic rings. The molecule has 0 radical (unpaired) electrons. The van der Waals surface area contributed by atoms with Gasteiger partial charge in [0.25, 0.3) is 0 Å². The average Bonchev–Trinajstić information content (AvgIpc) is 3.37. The number of carbonyl (C=O) groups excluding carboxylic acids is 1. The number of aryl methyl sites for hydroxylation is 1. The predicted octanol–water partition coefficient (Wildman–Crippen LogP) is 2.92. The van der Waals surface area contributed by atoms with Gasteiger partial charge in [-0.15, -0.1) is 0 Å². The third kappa shape index (κ3) is 4.83. The maximum Gasteiger partial charge on any atom is 0.239 e. The maximum atomic E-state index is 12.3. The zero-order chi connectivity index (χ0) is 20.2. The van der Waals surface area contributed by atoms with Crippen molar-refractivity contribution >= 4 is 22.6 Å². The lowest BCUT2D eigenvalue weighted by Gasteiger charge is -2.14. The summed E-state index contributed by atoms with van der Waals surface area (Å²) in [6.07, 6.45) is 0.681. The van der Waals surface area contributed by atoms with Crippen molar-refractivity contribution in [2.75, 3.05) is 25.3 Å². The van der Waals surface area contributed by atoms with Crippen molar-refractivity contribution in [2.24, 2.45) is 0 Å². The van der Waals surface area contributed by atoms with Crippen LogP contribution in [-0.2, 0) is 17.8 Å². The Morgan fingerprint density at radius 2 is 1.90 bits per heavy atom. The number of hydrogen-bond acceptors (Lipinski definition) is 7. The van der Waals surface area contributed by atoms with Gasteiger partial charge >= 0.3 is 0 Å². The second-order valence-corrected chi connectivity index (χ2v) is 7.71. The molecule has 4 rings (SSSR count). The van der Waals surface area contributed by atoms with Gasteiger partial charge in [0.05, 0.1) is 6.54 Å². The number of carbonyl (C=O) groups is 1. The highest BCUT2D eigenvalue weighted by Crippen LogP contribution is 2.32. The van der Waals surface area contributed by atoms with E-state index in [-0.39, 0.29) is 19.2 Å². The molecular weight excluding hydrogens is 388 g/mol. The van der Waals surface area contributed by atoms with Crippen LogP contribution in [0, 0.1) is 6.92 Å². The maximum absolute atomic E-state index is 12.3. The summed E-state index contributed by atoms with van der Waals surface area (Å²) >= 11 is 1.30. The number of benzene rings is 2. The van der Waals surface area contributed by atoms with Gasteiger partial charge in [-0.3, -0.25) is 4.79 Å². The molecule has 29 heavy (non-hydrogen) atoms. The fraction of sp³-hybridized carbons (Fsp3) is 0.286. The lowest BCUT2D eigenvalue weighted by atomic mass is 10.1. The van der Waals surface area contributed by atoms with E-state index in [1.54, 1.807) is 0 Å². The number of ether oxygens (including phenoxy) is 2. The molecule has 1 aliphatic heterocycles. The molecular formula is C21H22N4O3S. The SMILES string of the molecule is Cc1ccc(Cc2nsc(N(C)CC(=O)NCc3ccc4c(c3)OCO4)n2)cc1. The number of likely N-dealkylation sites (N-methyl/N-ethyl adjacent to an activating group) is 1. The molecule has 2 heterocycles. The lowest BCUT2D eigenvalue weighted by molar-refractivity contribution is -0.119. The molecule has 0 aliphatic carbocycles. The van der Waals surface area contributed by atoms with Gasteiger partial charge in [0, 0.05) is 31.5 Å². The summed E-state index contributed by atoms with van der Waals surface area (Å²) in [5, 5.41) is 3.65. The molecule has 0 unspecified atom stereocenters. The van der Waals surface area contributed by atoms with Crippen LogP contribution in [0.15, 0.2) is 42.5 Å². The Morgan fingerprint density at radius 1 is 1.14 bits per heavy atom. The second-order valence-electron chi connectivity index (χ2n) is 6.98.